The van der Waals surface area contributed by atoms with Crippen molar-refractivity contribution in [1.82, 2.24) is 15.0 Å². The van der Waals surface area contributed by atoms with Gasteiger partial charge >= 0.3 is 5.97 Å². The zero-order valence-corrected chi connectivity index (χ0v) is 9.60. The Balaban J connectivity index is 2.92. The van der Waals surface area contributed by atoms with Crippen molar-refractivity contribution < 1.29 is 19.0 Å². The van der Waals surface area contributed by atoms with E-state index in [1.807, 2.05) is 0 Å². The number of methoxy groups -OCH3 is 3. The Morgan fingerprint density at radius 3 is 2.62 bits per heavy atom. The van der Waals surface area contributed by atoms with Crippen molar-refractivity contribution in [3.63, 3.8) is 0 Å². The number of rotatable bonds is 6. The molecule has 0 saturated carbocycles. The lowest BCUT2D eigenvalue weighted by Crippen LogP contribution is -2.13. The Morgan fingerprint density at radius 2 is 2.06 bits per heavy atom. The standard InChI is InChI=1S/C9H15N3O4/c1-14-5-4-12-7(6-15-2)8(10-11-12)9(13)16-3/h4-6H2,1-3H3. The summed E-state index contributed by atoms with van der Waals surface area (Å²) in [4.78, 5) is 11.4. The van der Waals surface area contributed by atoms with Gasteiger partial charge in [0, 0.05) is 14.2 Å². The molecule has 0 radical (unpaired) electrons. The van der Waals surface area contributed by atoms with Crippen molar-refractivity contribution in [1.29, 1.82) is 0 Å². The van der Waals surface area contributed by atoms with Gasteiger partial charge in [0.2, 0.25) is 0 Å². The van der Waals surface area contributed by atoms with Gasteiger partial charge in [0.25, 0.3) is 0 Å². The van der Waals surface area contributed by atoms with Crippen LogP contribution in [0.4, 0.5) is 0 Å². The van der Waals surface area contributed by atoms with Crippen LogP contribution in [0.2, 0.25) is 0 Å². The molecule has 7 heteroatoms. The number of carbonyl (C=O) groups excluding carboxylic acids is 1. The Morgan fingerprint density at radius 1 is 1.31 bits per heavy atom. The van der Waals surface area contributed by atoms with E-state index >= 15 is 0 Å². The second-order valence-electron chi connectivity index (χ2n) is 3.03. The predicted octanol–water partition coefficient (Wildman–Crippen LogP) is -0.143. The molecule has 0 spiro atoms. The normalized spacial score (nSPS) is 10.4. The quantitative estimate of drug-likeness (QED) is 0.632. The van der Waals surface area contributed by atoms with E-state index in [1.54, 1.807) is 11.8 Å². The van der Waals surface area contributed by atoms with Gasteiger partial charge in [0.05, 0.1) is 32.6 Å². The average molecular weight is 229 g/mol. The first-order chi connectivity index (χ1) is 7.74. The lowest BCUT2D eigenvalue weighted by Gasteiger charge is -2.05. The Kier molecular flexibility index (Phi) is 4.87. The highest BCUT2D eigenvalue weighted by Crippen LogP contribution is 2.08. The van der Waals surface area contributed by atoms with E-state index < -0.39 is 5.97 Å². The highest BCUT2D eigenvalue weighted by molar-refractivity contribution is 5.88. The van der Waals surface area contributed by atoms with Crippen molar-refractivity contribution in [2.45, 2.75) is 13.2 Å². The molecule has 0 unspecified atom stereocenters. The predicted molar refractivity (Wildman–Crippen MR) is 54.0 cm³/mol. The maximum atomic E-state index is 11.4. The maximum absolute atomic E-state index is 11.4. The molecular formula is C9H15N3O4. The summed E-state index contributed by atoms with van der Waals surface area (Å²) in [5.41, 5.74) is 0.770. The molecule has 1 heterocycles. The van der Waals surface area contributed by atoms with Gasteiger partial charge in [-0.3, -0.25) is 0 Å². The molecule has 0 saturated heterocycles. The van der Waals surface area contributed by atoms with Crippen LogP contribution in [0.25, 0.3) is 0 Å². The van der Waals surface area contributed by atoms with Crippen LogP contribution < -0.4 is 0 Å². The fourth-order valence-corrected chi connectivity index (χ4v) is 1.22. The summed E-state index contributed by atoms with van der Waals surface area (Å²) in [5, 5.41) is 7.61. The van der Waals surface area contributed by atoms with Crippen LogP contribution in [0, 0.1) is 0 Å². The van der Waals surface area contributed by atoms with E-state index in [1.165, 1.54) is 14.2 Å². The molecule has 7 nitrogen and oxygen atoms in total. The minimum absolute atomic E-state index is 0.181. The van der Waals surface area contributed by atoms with E-state index in [0.29, 0.717) is 18.8 Å². The van der Waals surface area contributed by atoms with E-state index in [2.05, 4.69) is 15.0 Å². The molecule has 1 rings (SSSR count). The molecule has 0 amide bonds. The third-order valence-electron chi connectivity index (χ3n) is 2.00. The zero-order chi connectivity index (χ0) is 12.0. The van der Waals surface area contributed by atoms with Crippen molar-refractivity contribution in [3.8, 4) is 0 Å². The fourth-order valence-electron chi connectivity index (χ4n) is 1.22. The van der Waals surface area contributed by atoms with Gasteiger partial charge in [0.15, 0.2) is 5.69 Å². The van der Waals surface area contributed by atoms with E-state index in [0.717, 1.165) is 0 Å². The number of carbonyl (C=O) groups is 1. The third-order valence-corrected chi connectivity index (χ3v) is 2.00. The monoisotopic (exact) mass is 229 g/mol. The second-order valence-corrected chi connectivity index (χ2v) is 3.03. The Bertz CT molecular complexity index is 351. The Hall–Kier alpha value is -1.47. The Labute approximate surface area is 93.3 Å². The lowest BCUT2D eigenvalue weighted by molar-refractivity contribution is 0.0588. The van der Waals surface area contributed by atoms with E-state index in [-0.39, 0.29) is 12.3 Å². The number of hydrogen-bond acceptors (Lipinski definition) is 6. The van der Waals surface area contributed by atoms with Gasteiger partial charge in [-0.2, -0.15) is 0 Å². The van der Waals surface area contributed by atoms with Crippen molar-refractivity contribution in [2.24, 2.45) is 0 Å². The van der Waals surface area contributed by atoms with Crippen LogP contribution in [0.5, 0.6) is 0 Å². The molecule has 0 aliphatic rings. The minimum Gasteiger partial charge on any atom is -0.464 e. The summed E-state index contributed by atoms with van der Waals surface area (Å²) >= 11 is 0. The minimum atomic E-state index is -0.518. The van der Waals surface area contributed by atoms with Gasteiger partial charge in [-0.15, -0.1) is 5.10 Å². The van der Waals surface area contributed by atoms with Crippen LogP contribution >= 0.6 is 0 Å². The van der Waals surface area contributed by atoms with Gasteiger partial charge < -0.3 is 14.2 Å². The van der Waals surface area contributed by atoms with Crippen molar-refractivity contribution in [2.75, 3.05) is 27.9 Å². The van der Waals surface area contributed by atoms with Crippen LogP contribution in [0.15, 0.2) is 0 Å². The molecular weight excluding hydrogens is 214 g/mol. The topological polar surface area (TPSA) is 75.5 Å². The molecule has 1 aromatic rings. The molecule has 90 valence electrons. The first-order valence-corrected chi connectivity index (χ1v) is 4.73. The van der Waals surface area contributed by atoms with Crippen LogP contribution in [-0.4, -0.2) is 48.9 Å². The number of esters is 1. The van der Waals surface area contributed by atoms with Gasteiger partial charge in [0.1, 0.15) is 0 Å². The lowest BCUT2D eigenvalue weighted by atomic mass is 10.3. The first kappa shape index (κ1) is 12.6. The van der Waals surface area contributed by atoms with Crippen molar-refractivity contribution in [3.05, 3.63) is 11.4 Å². The summed E-state index contributed by atoms with van der Waals surface area (Å²) in [5.74, 6) is -0.518. The van der Waals surface area contributed by atoms with E-state index in [9.17, 15) is 4.79 Å². The largest absolute Gasteiger partial charge is 0.464 e. The van der Waals surface area contributed by atoms with Crippen LogP contribution in [-0.2, 0) is 27.4 Å². The van der Waals surface area contributed by atoms with Gasteiger partial charge in [-0.1, -0.05) is 5.21 Å². The first-order valence-electron chi connectivity index (χ1n) is 4.73. The SMILES string of the molecule is COCCn1nnc(C(=O)OC)c1COC. The summed E-state index contributed by atoms with van der Waals surface area (Å²) in [7, 11) is 4.43. The molecule has 0 atom stereocenters. The summed E-state index contributed by atoms with van der Waals surface area (Å²) in [6.45, 7) is 1.25. The maximum Gasteiger partial charge on any atom is 0.360 e. The molecule has 0 fully saturated rings. The number of nitrogens with zero attached hydrogens (tertiary/aromatic N) is 3. The number of ether oxygens (including phenoxy) is 3. The zero-order valence-electron chi connectivity index (χ0n) is 9.60. The van der Waals surface area contributed by atoms with Crippen molar-refractivity contribution >= 4 is 5.97 Å². The number of hydrogen-bond donors (Lipinski definition) is 0. The molecule has 0 bridgehead atoms. The molecule has 1 aromatic heterocycles. The molecule has 0 N–H and O–H groups in total. The summed E-state index contributed by atoms with van der Waals surface area (Å²) in [6.07, 6.45) is 0. The van der Waals surface area contributed by atoms with E-state index in [4.69, 9.17) is 9.47 Å². The summed E-state index contributed by atoms with van der Waals surface area (Å²) in [6, 6.07) is 0. The summed E-state index contributed by atoms with van der Waals surface area (Å²) < 4.78 is 16.1. The molecule has 0 aliphatic heterocycles. The van der Waals surface area contributed by atoms with Gasteiger partial charge in [-0.05, 0) is 0 Å². The van der Waals surface area contributed by atoms with Crippen LogP contribution in [0.3, 0.4) is 0 Å². The average Bonchev–Trinajstić information content (AvgIpc) is 2.69. The smallest absolute Gasteiger partial charge is 0.360 e. The highest BCUT2D eigenvalue weighted by Gasteiger charge is 2.19. The second kappa shape index (κ2) is 6.19. The molecule has 0 aromatic carbocycles. The molecule has 16 heavy (non-hydrogen) atoms. The number of aromatic nitrogens is 3. The highest BCUT2D eigenvalue weighted by atomic mass is 16.5. The third kappa shape index (κ3) is 2.77. The van der Waals surface area contributed by atoms with Crippen LogP contribution in [0.1, 0.15) is 16.2 Å². The van der Waals surface area contributed by atoms with Gasteiger partial charge in [-0.25, -0.2) is 9.48 Å². The fraction of sp³-hybridized carbons (Fsp3) is 0.667. The molecule has 0 aliphatic carbocycles.